The van der Waals surface area contributed by atoms with Gasteiger partial charge in [-0.25, -0.2) is 4.98 Å². The Kier molecular flexibility index (Phi) is 4.16. The number of ether oxygens (including phenoxy) is 1. The van der Waals surface area contributed by atoms with Crippen LogP contribution in [0.15, 0.2) is 60.9 Å². The van der Waals surface area contributed by atoms with Crippen molar-refractivity contribution in [3.8, 4) is 17.0 Å². The van der Waals surface area contributed by atoms with E-state index in [0.717, 1.165) is 5.56 Å². The van der Waals surface area contributed by atoms with E-state index in [9.17, 15) is 13.2 Å². The second-order valence-electron chi connectivity index (χ2n) is 5.14. The quantitative estimate of drug-likeness (QED) is 0.783. The topological polar surface area (TPSA) is 53.1 Å². The predicted octanol–water partition coefficient (Wildman–Crippen LogP) is 4.08. The van der Waals surface area contributed by atoms with Crippen LogP contribution < -0.4 is 10.5 Å². The van der Waals surface area contributed by atoms with Crippen molar-refractivity contribution in [1.29, 1.82) is 0 Å². The largest absolute Gasteiger partial charge is 0.573 e. The lowest BCUT2D eigenvalue weighted by Crippen LogP contribution is -2.17. The zero-order valence-corrected chi connectivity index (χ0v) is 12.5. The van der Waals surface area contributed by atoms with Crippen molar-refractivity contribution >= 4 is 5.82 Å². The summed E-state index contributed by atoms with van der Waals surface area (Å²) in [6.07, 6.45) is -3.28. The molecule has 2 N–H and O–H groups in total. The highest BCUT2D eigenvalue weighted by Gasteiger charge is 2.32. The molecule has 0 saturated carbocycles. The van der Waals surface area contributed by atoms with E-state index in [-0.39, 0.29) is 22.8 Å². The molecular weight excluding hydrogens is 319 g/mol. The first-order valence-electron chi connectivity index (χ1n) is 7.14. The van der Waals surface area contributed by atoms with Gasteiger partial charge in [-0.05, 0) is 17.7 Å². The van der Waals surface area contributed by atoms with Crippen molar-refractivity contribution in [2.24, 2.45) is 0 Å². The van der Waals surface area contributed by atoms with Crippen LogP contribution in [-0.4, -0.2) is 15.9 Å². The fourth-order valence-corrected chi connectivity index (χ4v) is 2.38. The summed E-state index contributed by atoms with van der Waals surface area (Å²) < 4.78 is 43.4. The summed E-state index contributed by atoms with van der Waals surface area (Å²) in [5.74, 6) is -0.0567. The van der Waals surface area contributed by atoms with Gasteiger partial charge < -0.3 is 15.0 Å². The number of nitrogens with zero attached hydrogens (tertiary/aromatic N) is 2. The van der Waals surface area contributed by atoms with Crippen LogP contribution in [0.4, 0.5) is 19.0 Å². The first kappa shape index (κ1) is 15.9. The Bertz CT molecular complexity index is 829. The summed E-state index contributed by atoms with van der Waals surface area (Å²) in [4.78, 5) is 4.16. The van der Waals surface area contributed by atoms with Crippen molar-refractivity contribution in [2.45, 2.75) is 12.9 Å². The number of rotatable bonds is 4. The van der Waals surface area contributed by atoms with Crippen molar-refractivity contribution < 1.29 is 17.9 Å². The summed E-state index contributed by atoms with van der Waals surface area (Å²) in [6, 6.07) is 15.4. The Balaban J connectivity index is 1.94. The lowest BCUT2D eigenvalue weighted by Gasteiger charge is -2.12. The van der Waals surface area contributed by atoms with Gasteiger partial charge in [-0.3, -0.25) is 0 Å². The summed E-state index contributed by atoms with van der Waals surface area (Å²) in [6.45, 7) is 0.474. The van der Waals surface area contributed by atoms with Gasteiger partial charge in [-0.15, -0.1) is 13.2 Å². The van der Waals surface area contributed by atoms with Crippen molar-refractivity contribution in [3.05, 3.63) is 66.5 Å². The molecule has 1 aromatic heterocycles. The second kappa shape index (κ2) is 6.27. The molecule has 3 aromatic rings. The van der Waals surface area contributed by atoms with Gasteiger partial charge in [0.2, 0.25) is 0 Å². The number of para-hydroxylation sites is 1. The molecule has 24 heavy (non-hydrogen) atoms. The van der Waals surface area contributed by atoms with E-state index in [1.54, 1.807) is 10.6 Å². The number of imidazole rings is 1. The molecule has 3 rings (SSSR count). The minimum atomic E-state index is -4.78. The molecule has 0 atom stereocenters. The SMILES string of the molecule is Nc1c(-c2ccccc2OC(F)(F)F)ncn1Cc1ccccc1. The van der Waals surface area contributed by atoms with E-state index in [1.807, 2.05) is 30.3 Å². The summed E-state index contributed by atoms with van der Waals surface area (Å²) in [7, 11) is 0. The maximum absolute atomic E-state index is 12.6. The van der Waals surface area contributed by atoms with Gasteiger partial charge in [-0.2, -0.15) is 0 Å². The van der Waals surface area contributed by atoms with Gasteiger partial charge in [0.1, 0.15) is 17.3 Å². The Morgan fingerprint density at radius 1 is 1.00 bits per heavy atom. The van der Waals surface area contributed by atoms with E-state index in [0.29, 0.717) is 6.54 Å². The Hall–Kier alpha value is -2.96. The van der Waals surface area contributed by atoms with Crippen LogP contribution in [0.25, 0.3) is 11.3 Å². The highest BCUT2D eigenvalue weighted by atomic mass is 19.4. The average Bonchev–Trinajstić information content (AvgIpc) is 2.88. The van der Waals surface area contributed by atoms with Gasteiger partial charge in [0.25, 0.3) is 0 Å². The number of alkyl halides is 3. The van der Waals surface area contributed by atoms with Crippen LogP contribution in [-0.2, 0) is 6.54 Å². The first-order valence-corrected chi connectivity index (χ1v) is 7.14. The number of aromatic nitrogens is 2. The van der Waals surface area contributed by atoms with Crippen molar-refractivity contribution in [2.75, 3.05) is 5.73 Å². The van der Waals surface area contributed by atoms with Crippen molar-refractivity contribution in [3.63, 3.8) is 0 Å². The fourth-order valence-electron chi connectivity index (χ4n) is 2.38. The fraction of sp³-hybridized carbons (Fsp3) is 0.118. The van der Waals surface area contributed by atoms with Crippen LogP contribution in [0.1, 0.15) is 5.56 Å². The maximum Gasteiger partial charge on any atom is 0.573 e. The molecule has 0 amide bonds. The second-order valence-corrected chi connectivity index (χ2v) is 5.14. The summed E-state index contributed by atoms with van der Waals surface area (Å²) >= 11 is 0. The smallest absolute Gasteiger partial charge is 0.405 e. The number of hydrogen-bond donors (Lipinski definition) is 1. The van der Waals surface area contributed by atoms with Crippen molar-refractivity contribution in [1.82, 2.24) is 9.55 Å². The number of halogens is 3. The van der Waals surface area contributed by atoms with Crippen LogP contribution in [0.2, 0.25) is 0 Å². The number of anilines is 1. The molecule has 0 aliphatic carbocycles. The lowest BCUT2D eigenvalue weighted by atomic mass is 10.1. The summed E-state index contributed by atoms with van der Waals surface area (Å²) in [5.41, 5.74) is 7.54. The standard InChI is InChI=1S/C17H14F3N3O/c18-17(19,20)24-14-9-5-4-8-13(14)15-16(21)23(11-22-15)10-12-6-2-1-3-7-12/h1-9,11H,10,21H2. The first-order chi connectivity index (χ1) is 11.4. The molecule has 7 heteroatoms. The molecule has 0 spiro atoms. The highest BCUT2D eigenvalue weighted by Crippen LogP contribution is 2.35. The van der Waals surface area contributed by atoms with Crippen LogP contribution >= 0.6 is 0 Å². The minimum absolute atomic E-state index is 0.194. The van der Waals surface area contributed by atoms with Crippen LogP contribution in [0, 0.1) is 0 Å². The molecule has 0 radical (unpaired) electrons. The number of nitrogen functional groups attached to an aromatic ring is 1. The lowest BCUT2D eigenvalue weighted by molar-refractivity contribution is -0.274. The molecule has 2 aromatic carbocycles. The number of benzene rings is 2. The van der Waals surface area contributed by atoms with E-state index in [2.05, 4.69) is 9.72 Å². The monoisotopic (exact) mass is 333 g/mol. The highest BCUT2D eigenvalue weighted by molar-refractivity contribution is 5.75. The van der Waals surface area contributed by atoms with Gasteiger partial charge in [0, 0.05) is 5.56 Å². The molecule has 0 unspecified atom stereocenters. The van der Waals surface area contributed by atoms with Gasteiger partial charge >= 0.3 is 6.36 Å². The van der Waals surface area contributed by atoms with Crippen LogP contribution in [0.3, 0.4) is 0 Å². The Labute approximate surface area is 136 Å². The summed E-state index contributed by atoms with van der Waals surface area (Å²) in [5, 5.41) is 0. The molecule has 0 aliphatic heterocycles. The molecule has 1 heterocycles. The van der Waals surface area contributed by atoms with Gasteiger partial charge in [0.05, 0.1) is 12.9 Å². The third-order valence-corrected chi connectivity index (χ3v) is 3.44. The molecule has 0 aliphatic rings. The molecule has 0 saturated heterocycles. The predicted molar refractivity (Wildman–Crippen MR) is 84.3 cm³/mol. The number of hydrogen-bond acceptors (Lipinski definition) is 3. The molecule has 124 valence electrons. The van der Waals surface area contributed by atoms with E-state index in [4.69, 9.17) is 5.73 Å². The van der Waals surface area contributed by atoms with Gasteiger partial charge in [0.15, 0.2) is 0 Å². The Morgan fingerprint density at radius 2 is 1.67 bits per heavy atom. The molecule has 4 nitrogen and oxygen atoms in total. The third kappa shape index (κ3) is 3.51. The van der Waals surface area contributed by atoms with Gasteiger partial charge in [-0.1, -0.05) is 42.5 Å². The minimum Gasteiger partial charge on any atom is -0.405 e. The maximum atomic E-state index is 12.6. The normalized spacial score (nSPS) is 11.5. The molecular formula is C17H14F3N3O. The zero-order chi connectivity index (χ0) is 17.2. The molecule has 0 fully saturated rings. The van der Waals surface area contributed by atoms with E-state index >= 15 is 0 Å². The average molecular weight is 333 g/mol. The molecule has 0 bridgehead atoms. The zero-order valence-electron chi connectivity index (χ0n) is 12.5. The van der Waals surface area contributed by atoms with E-state index < -0.39 is 6.36 Å². The van der Waals surface area contributed by atoms with Crippen LogP contribution in [0.5, 0.6) is 5.75 Å². The Morgan fingerprint density at radius 3 is 2.38 bits per heavy atom. The number of nitrogens with two attached hydrogens (primary N) is 1. The van der Waals surface area contributed by atoms with E-state index in [1.165, 1.54) is 24.5 Å². The third-order valence-electron chi connectivity index (χ3n) is 3.44.